The number of piperidine rings is 1. The molecule has 0 radical (unpaired) electrons. The van der Waals surface area contributed by atoms with Gasteiger partial charge in [0, 0.05) is 30.6 Å². The summed E-state index contributed by atoms with van der Waals surface area (Å²) in [6.07, 6.45) is 2.19. The molecule has 2 aromatic rings. The van der Waals surface area contributed by atoms with Crippen molar-refractivity contribution in [2.45, 2.75) is 50.5 Å². The number of aryl methyl sites for hydroxylation is 3. The van der Waals surface area contributed by atoms with Crippen LogP contribution in [0.15, 0.2) is 33.7 Å². The van der Waals surface area contributed by atoms with E-state index < -0.39 is 10.0 Å². The Bertz CT molecular complexity index is 913. The summed E-state index contributed by atoms with van der Waals surface area (Å²) in [5.74, 6) is 0.275. The first kappa shape index (κ1) is 20.8. The number of carbonyl (C=O) groups excluding carboxylic acids is 1. The van der Waals surface area contributed by atoms with Crippen LogP contribution in [0.25, 0.3) is 0 Å². The fraction of sp³-hybridized carbons (Fsp3) is 0.474. The molecule has 0 spiro atoms. The molecule has 1 aromatic carbocycles. The third kappa shape index (κ3) is 4.74. The minimum absolute atomic E-state index is 0.0196. The Kier molecular flexibility index (Phi) is 6.42. The average molecular weight is 426 g/mol. The highest BCUT2D eigenvalue weighted by Crippen LogP contribution is 2.26. The monoisotopic (exact) mass is 425 g/mol. The van der Waals surface area contributed by atoms with Gasteiger partial charge in [-0.05, 0) is 50.8 Å². The Morgan fingerprint density at radius 1 is 1.25 bits per heavy atom. The van der Waals surface area contributed by atoms with Crippen LogP contribution in [0.5, 0.6) is 0 Å². The second-order valence-electron chi connectivity index (χ2n) is 7.03. The number of amides is 1. The van der Waals surface area contributed by atoms with Crippen molar-refractivity contribution in [1.29, 1.82) is 0 Å². The maximum atomic E-state index is 12.8. The zero-order chi connectivity index (χ0) is 20.3. The molecule has 1 saturated heterocycles. The highest BCUT2D eigenvalue weighted by Gasteiger charge is 2.34. The van der Waals surface area contributed by atoms with E-state index in [0.717, 1.165) is 5.56 Å². The average Bonchev–Trinajstić information content (AvgIpc) is 3.01. The lowest BCUT2D eigenvalue weighted by atomic mass is 10.1. The third-order valence-electron chi connectivity index (χ3n) is 4.94. The van der Waals surface area contributed by atoms with Gasteiger partial charge in [-0.3, -0.25) is 4.79 Å². The number of nitrogens with one attached hydrogen (secondary N) is 1. The molecule has 0 saturated carbocycles. The van der Waals surface area contributed by atoms with Crippen molar-refractivity contribution < 1.29 is 17.7 Å². The molecule has 28 heavy (non-hydrogen) atoms. The van der Waals surface area contributed by atoms with E-state index in [0.29, 0.717) is 55.2 Å². The Morgan fingerprint density at radius 3 is 2.46 bits per heavy atom. The van der Waals surface area contributed by atoms with Gasteiger partial charge in [0.05, 0.1) is 0 Å². The highest BCUT2D eigenvalue weighted by atomic mass is 35.5. The first-order valence-electron chi connectivity index (χ1n) is 9.24. The van der Waals surface area contributed by atoms with Gasteiger partial charge in [0.25, 0.3) is 0 Å². The lowest BCUT2D eigenvalue weighted by molar-refractivity contribution is -0.122. The number of carbonyl (C=O) groups is 1. The van der Waals surface area contributed by atoms with Crippen LogP contribution in [0.2, 0.25) is 5.02 Å². The molecule has 0 bridgehead atoms. The zero-order valence-corrected chi connectivity index (χ0v) is 17.5. The molecule has 1 N–H and O–H groups in total. The fourth-order valence-corrected chi connectivity index (χ4v) is 5.31. The lowest BCUT2D eigenvalue weighted by Gasteiger charge is -2.31. The van der Waals surface area contributed by atoms with E-state index in [1.165, 1.54) is 4.31 Å². The molecule has 3 rings (SSSR count). The molecule has 9 heteroatoms. The predicted octanol–water partition coefficient (Wildman–Crippen LogP) is 2.85. The van der Waals surface area contributed by atoms with E-state index in [-0.39, 0.29) is 16.8 Å². The first-order chi connectivity index (χ1) is 13.3. The summed E-state index contributed by atoms with van der Waals surface area (Å²) in [5, 5.41) is 7.42. The second kappa shape index (κ2) is 8.63. The third-order valence-corrected chi connectivity index (χ3v) is 7.33. The van der Waals surface area contributed by atoms with Gasteiger partial charge in [0.1, 0.15) is 10.6 Å². The number of aromatic nitrogens is 1. The van der Waals surface area contributed by atoms with E-state index in [1.54, 1.807) is 13.8 Å². The van der Waals surface area contributed by atoms with Gasteiger partial charge >= 0.3 is 0 Å². The number of nitrogens with zero attached hydrogens (tertiary/aromatic N) is 2. The normalized spacial score (nSPS) is 16.2. The quantitative estimate of drug-likeness (QED) is 0.768. The molecular formula is C19H24ClN3O4S. The van der Waals surface area contributed by atoms with Gasteiger partial charge in [-0.1, -0.05) is 28.9 Å². The SMILES string of the molecule is Cc1noc(C)c1S(=O)(=O)N1CCC(NC(=O)CCc2ccc(Cl)cc2)CC1. The van der Waals surface area contributed by atoms with E-state index in [1.807, 2.05) is 24.3 Å². The smallest absolute Gasteiger partial charge is 0.248 e. The Balaban J connectivity index is 1.50. The minimum atomic E-state index is -3.63. The van der Waals surface area contributed by atoms with Crippen molar-refractivity contribution in [2.24, 2.45) is 0 Å². The summed E-state index contributed by atoms with van der Waals surface area (Å²) >= 11 is 5.86. The maximum Gasteiger partial charge on any atom is 0.248 e. The van der Waals surface area contributed by atoms with E-state index in [2.05, 4.69) is 10.5 Å². The molecule has 2 heterocycles. The van der Waals surface area contributed by atoms with Gasteiger partial charge in [-0.15, -0.1) is 0 Å². The number of benzene rings is 1. The lowest BCUT2D eigenvalue weighted by Crippen LogP contribution is -2.46. The summed E-state index contributed by atoms with van der Waals surface area (Å²) < 4.78 is 32.1. The molecule has 0 unspecified atom stereocenters. The number of sulfonamides is 1. The van der Waals surface area contributed by atoms with Crippen LogP contribution in [-0.4, -0.2) is 42.9 Å². The predicted molar refractivity (Wildman–Crippen MR) is 106 cm³/mol. The Hall–Kier alpha value is -1.90. The van der Waals surface area contributed by atoms with E-state index in [9.17, 15) is 13.2 Å². The van der Waals surface area contributed by atoms with Crippen LogP contribution in [0, 0.1) is 13.8 Å². The van der Waals surface area contributed by atoms with Gasteiger partial charge in [-0.2, -0.15) is 4.31 Å². The summed E-state index contributed by atoms with van der Waals surface area (Å²) in [5.41, 5.74) is 1.43. The van der Waals surface area contributed by atoms with Crippen LogP contribution in [0.3, 0.4) is 0 Å². The second-order valence-corrected chi connectivity index (χ2v) is 9.34. The standard InChI is InChI=1S/C19H24ClN3O4S/c1-13-19(14(2)27-22-13)28(25,26)23-11-9-17(10-12-23)21-18(24)8-5-15-3-6-16(20)7-4-15/h3-4,6-7,17H,5,8-12H2,1-2H3,(H,21,24). The van der Waals surface area contributed by atoms with Gasteiger partial charge < -0.3 is 9.84 Å². The fourth-order valence-electron chi connectivity index (χ4n) is 3.42. The van der Waals surface area contributed by atoms with Crippen LogP contribution >= 0.6 is 11.6 Å². The molecule has 1 aliphatic rings. The minimum Gasteiger partial charge on any atom is -0.360 e. The summed E-state index contributed by atoms with van der Waals surface area (Å²) in [4.78, 5) is 12.4. The van der Waals surface area contributed by atoms with Gasteiger partial charge in [-0.25, -0.2) is 8.42 Å². The molecule has 1 aromatic heterocycles. The molecule has 1 aliphatic heterocycles. The molecule has 1 fully saturated rings. The van der Waals surface area contributed by atoms with Crippen LogP contribution in [0.1, 0.15) is 36.3 Å². The van der Waals surface area contributed by atoms with Crippen LogP contribution in [0.4, 0.5) is 0 Å². The Morgan fingerprint density at radius 2 is 1.89 bits per heavy atom. The summed E-state index contributed by atoms with van der Waals surface area (Å²) in [6.45, 7) is 3.93. The molecule has 0 atom stereocenters. The first-order valence-corrected chi connectivity index (χ1v) is 11.1. The number of halogens is 1. The Labute approximate surface area is 170 Å². The molecule has 0 aliphatic carbocycles. The highest BCUT2D eigenvalue weighted by molar-refractivity contribution is 7.89. The van der Waals surface area contributed by atoms with Gasteiger partial charge in [0.15, 0.2) is 5.76 Å². The van der Waals surface area contributed by atoms with Crippen molar-refractivity contribution in [3.8, 4) is 0 Å². The summed E-state index contributed by atoms with van der Waals surface area (Å²) in [6, 6.07) is 7.42. The van der Waals surface area contributed by atoms with Crippen molar-refractivity contribution in [3.05, 3.63) is 46.3 Å². The molecule has 1 amide bonds. The zero-order valence-electron chi connectivity index (χ0n) is 15.9. The van der Waals surface area contributed by atoms with Crippen molar-refractivity contribution in [1.82, 2.24) is 14.8 Å². The topological polar surface area (TPSA) is 92.5 Å². The molecular weight excluding hydrogens is 402 g/mol. The van der Waals surface area contributed by atoms with Gasteiger partial charge in [0.2, 0.25) is 15.9 Å². The maximum absolute atomic E-state index is 12.8. The van der Waals surface area contributed by atoms with Crippen molar-refractivity contribution in [2.75, 3.05) is 13.1 Å². The van der Waals surface area contributed by atoms with Crippen molar-refractivity contribution >= 4 is 27.5 Å². The number of hydrogen-bond donors (Lipinski definition) is 1. The number of hydrogen-bond acceptors (Lipinski definition) is 5. The van der Waals surface area contributed by atoms with E-state index in [4.69, 9.17) is 16.1 Å². The van der Waals surface area contributed by atoms with E-state index >= 15 is 0 Å². The van der Waals surface area contributed by atoms with Crippen LogP contribution < -0.4 is 5.32 Å². The molecule has 7 nitrogen and oxygen atoms in total. The molecule has 152 valence electrons. The van der Waals surface area contributed by atoms with Crippen LogP contribution in [-0.2, 0) is 21.2 Å². The van der Waals surface area contributed by atoms with Crippen molar-refractivity contribution in [3.63, 3.8) is 0 Å². The largest absolute Gasteiger partial charge is 0.360 e. The number of rotatable bonds is 6. The summed E-state index contributed by atoms with van der Waals surface area (Å²) in [7, 11) is -3.63.